The van der Waals surface area contributed by atoms with Crippen molar-refractivity contribution < 1.29 is 19.1 Å². The lowest BCUT2D eigenvalue weighted by atomic mass is 10.2. The molecule has 1 unspecified atom stereocenters. The number of halogens is 2. The van der Waals surface area contributed by atoms with E-state index in [0.717, 1.165) is 0 Å². The number of esters is 1. The second kappa shape index (κ2) is 7.70. The molecule has 0 saturated carbocycles. The van der Waals surface area contributed by atoms with Crippen LogP contribution in [0.15, 0.2) is 24.3 Å². The number of ether oxygens (including phenoxy) is 2. The maximum Gasteiger partial charge on any atom is 0.408 e. The molecule has 1 amide bonds. The first-order valence-corrected chi connectivity index (χ1v) is 7.50. The van der Waals surface area contributed by atoms with Crippen molar-refractivity contribution >= 4 is 35.3 Å². The fourth-order valence-electron chi connectivity index (χ4n) is 1.47. The molecule has 5 nitrogen and oxygen atoms in total. The van der Waals surface area contributed by atoms with E-state index in [4.69, 9.17) is 32.7 Å². The number of carbonyl (C=O) groups excluding carboxylic acids is 2. The van der Waals surface area contributed by atoms with E-state index >= 15 is 0 Å². The summed E-state index contributed by atoms with van der Waals surface area (Å²) in [6, 6.07) is 5.86. The van der Waals surface area contributed by atoms with E-state index in [1.165, 1.54) is 6.92 Å². The van der Waals surface area contributed by atoms with Gasteiger partial charge in [-0.25, -0.2) is 9.59 Å². The van der Waals surface area contributed by atoms with E-state index in [-0.39, 0.29) is 0 Å². The van der Waals surface area contributed by atoms with E-state index in [2.05, 4.69) is 5.32 Å². The molecule has 2 atom stereocenters. The summed E-state index contributed by atoms with van der Waals surface area (Å²) >= 11 is 12.0. The van der Waals surface area contributed by atoms with Crippen LogP contribution in [-0.4, -0.2) is 23.7 Å². The van der Waals surface area contributed by atoms with Crippen LogP contribution in [0.1, 0.15) is 38.8 Å². The molecule has 1 aromatic rings. The van der Waals surface area contributed by atoms with Crippen LogP contribution in [0.5, 0.6) is 0 Å². The molecule has 0 aliphatic heterocycles. The minimum absolute atomic E-state index is 0.392. The summed E-state index contributed by atoms with van der Waals surface area (Å²) in [7, 11) is 0. The van der Waals surface area contributed by atoms with Gasteiger partial charge in [0.05, 0.1) is 0 Å². The molecule has 0 fully saturated rings. The van der Waals surface area contributed by atoms with Gasteiger partial charge in [0.2, 0.25) is 5.56 Å². The standard InChI is InChI=1S/C15H19Cl2NO4/c1-9(18-14(20)22-15(2,3)4)13(19)21-12(17)10-7-5-6-8-11(10)16/h5-9,12H,1-4H3,(H,18,20)/t9-,12?/m0/s1. The maximum atomic E-state index is 11.9. The normalized spacial score (nSPS) is 13.9. The van der Waals surface area contributed by atoms with Crippen molar-refractivity contribution in [2.24, 2.45) is 0 Å². The molecule has 0 bridgehead atoms. The molecule has 1 rings (SSSR count). The highest BCUT2D eigenvalue weighted by Gasteiger charge is 2.24. The van der Waals surface area contributed by atoms with Crippen LogP contribution in [0.25, 0.3) is 0 Å². The molecule has 22 heavy (non-hydrogen) atoms. The Balaban J connectivity index is 2.57. The van der Waals surface area contributed by atoms with Crippen LogP contribution >= 0.6 is 23.2 Å². The molecule has 122 valence electrons. The van der Waals surface area contributed by atoms with Crippen LogP contribution in [0.2, 0.25) is 5.02 Å². The van der Waals surface area contributed by atoms with Gasteiger partial charge in [-0.05, 0) is 33.8 Å². The number of rotatable bonds is 4. The van der Waals surface area contributed by atoms with Crippen molar-refractivity contribution in [2.45, 2.75) is 44.9 Å². The van der Waals surface area contributed by atoms with Gasteiger partial charge in [0, 0.05) is 10.6 Å². The number of alkyl carbamates (subject to hydrolysis) is 1. The minimum atomic E-state index is -1.04. The third kappa shape index (κ3) is 6.12. The summed E-state index contributed by atoms with van der Waals surface area (Å²) < 4.78 is 10.1. The lowest BCUT2D eigenvalue weighted by molar-refractivity contribution is -0.147. The monoisotopic (exact) mass is 347 g/mol. The Hall–Kier alpha value is -1.46. The summed E-state index contributed by atoms with van der Waals surface area (Å²) in [4.78, 5) is 23.5. The fraction of sp³-hybridized carbons (Fsp3) is 0.467. The summed E-state index contributed by atoms with van der Waals surface area (Å²) in [5.41, 5.74) is -1.21. The third-order valence-electron chi connectivity index (χ3n) is 2.46. The largest absolute Gasteiger partial charge is 0.444 e. The number of hydrogen-bond donors (Lipinski definition) is 1. The predicted molar refractivity (Wildman–Crippen MR) is 85.0 cm³/mol. The van der Waals surface area contributed by atoms with Crippen LogP contribution in [0, 0.1) is 0 Å². The molecule has 0 radical (unpaired) electrons. The van der Waals surface area contributed by atoms with Crippen molar-refractivity contribution in [3.8, 4) is 0 Å². The number of amides is 1. The highest BCUT2D eigenvalue weighted by molar-refractivity contribution is 6.32. The average molecular weight is 348 g/mol. The van der Waals surface area contributed by atoms with Gasteiger partial charge >= 0.3 is 12.1 Å². The quantitative estimate of drug-likeness (QED) is 0.659. The molecule has 0 heterocycles. The molecule has 0 spiro atoms. The van der Waals surface area contributed by atoms with Crippen molar-refractivity contribution in [3.63, 3.8) is 0 Å². The van der Waals surface area contributed by atoms with Gasteiger partial charge in [-0.15, -0.1) is 0 Å². The number of benzene rings is 1. The van der Waals surface area contributed by atoms with Crippen molar-refractivity contribution in [2.75, 3.05) is 0 Å². The molecule has 0 aliphatic carbocycles. The van der Waals surface area contributed by atoms with Gasteiger partial charge in [0.25, 0.3) is 0 Å². The SMILES string of the molecule is C[C@H](NC(=O)OC(C)(C)C)C(=O)OC(Cl)c1ccccc1Cl. The van der Waals surface area contributed by atoms with Crippen molar-refractivity contribution in [1.82, 2.24) is 5.32 Å². The zero-order valence-corrected chi connectivity index (χ0v) is 14.4. The first-order chi connectivity index (χ1) is 10.1. The number of carbonyl (C=O) groups is 2. The van der Waals surface area contributed by atoms with E-state index in [1.807, 2.05) is 0 Å². The third-order valence-corrected chi connectivity index (χ3v) is 3.12. The highest BCUT2D eigenvalue weighted by Crippen LogP contribution is 2.28. The van der Waals surface area contributed by atoms with Crippen LogP contribution in [0.3, 0.4) is 0 Å². The van der Waals surface area contributed by atoms with E-state index in [9.17, 15) is 9.59 Å². The van der Waals surface area contributed by atoms with Gasteiger partial charge in [-0.1, -0.05) is 41.4 Å². The zero-order valence-electron chi connectivity index (χ0n) is 12.9. The number of hydrogen-bond acceptors (Lipinski definition) is 4. The minimum Gasteiger partial charge on any atom is -0.444 e. The Labute approximate surface area is 139 Å². The molecular weight excluding hydrogens is 329 g/mol. The molecule has 7 heteroatoms. The van der Waals surface area contributed by atoms with E-state index in [0.29, 0.717) is 10.6 Å². The summed E-state index contributed by atoms with van der Waals surface area (Å²) in [5.74, 6) is -0.689. The summed E-state index contributed by atoms with van der Waals surface area (Å²) in [5, 5.41) is 2.77. The topological polar surface area (TPSA) is 64.6 Å². The smallest absolute Gasteiger partial charge is 0.408 e. The second-order valence-corrected chi connectivity index (χ2v) is 6.45. The maximum absolute atomic E-state index is 11.9. The fourth-order valence-corrected chi connectivity index (χ4v) is 2.04. The van der Waals surface area contributed by atoms with Crippen molar-refractivity contribution in [3.05, 3.63) is 34.9 Å². The first kappa shape index (κ1) is 18.6. The Kier molecular flexibility index (Phi) is 6.50. The molecular formula is C15H19Cl2NO4. The van der Waals surface area contributed by atoms with Crippen LogP contribution < -0.4 is 5.32 Å². The Morgan fingerprint density at radius 1 is 1.23 bits per heavy atom. The Morgan fingerprint density at radius 2 is 1.82 bits per heavy atom. The number of nitrogens with one attached hydrogen (secondary N) is 1. The van der Waals surface area contributed by atoms with Gasteiger partial charge in [-0.2, -0.15) is 0 Å². The lowest BCUT2D eigenvalue weighted by Gasteiger charge is -2.22. The highest BCUT2D eigenvalue weighted by atomic mass is 35.5. The van der Waals surface area contributed by atoms with E-state index < -0.39 is 29.3 Å². The Bertz CT molecular complexity index is 543. The zero-order chi connectivity index (χ0) is 16.9. The first-order valence-electron chi connectivity index (χ1n) is 6.68. The molecule has 1 aromatic carbocycles. The molecule has 0 saturated heterocycles. The molecule has 0 aromatic heterocycles. The van der Waals surface area contributed by atoms with Gasteiger partial charge in [0.1, 0.15) is 11.6 Å². The number of alkyl halides is 1. The summed E-state index contributed by atoms with van der Waals surface area (Å²) in [6.45, 7) is 6.65. The Morgan fingerprint density at radius 3 is 2.36 bits per heavy atom. The average Bonchev–Trinajstić information content (AvgIpc) is 2.36. The van der Waals surface area contributed by atoms with E-state index in [1.54, 1.807) is 45.0 Å². The lowest BCUT2D eigenvalue weighted by Crippen LogP contribution is -2.42. The summed E-state index contributed by atoms with van der Waals surface area (Å²) in [6.07, 6.45) is -0.708. The van der Waals surface area contributed by atoms with Gasteiger partial charge < -0.3 is 14.8 Å². The van der Waals surface area contributed by atoms with Gasteiger partial charge in [0.15, 0.2) is 0 Å². The van der Waals surface area contributed by atoms with Crippen molar-refractivity contribution in [1.29, 1.82) is 0 Å². The predicted octanol–water partition coefficient (Wildman–Crippen LogP) is 4.03. The van der Waals surface area contributed by atoms with Crippen LogP contribution in [-0.2, 0) is 14.3 Å². The van der Waals surface area contributed by atoms with Crippen LogP contribution in [0.4, 0.5) is 4.79 Å². The molecule has 0 aliphatic rings. The van der Waals surface area contributed by atoms with Gasteiger partial charge in [-0.3, -0.25) is 0 Å². The molecule has 1 N–H and O–H groups in total. The second-order valence-electron chi connectivity index (χ2n) is 5.64.